The van der Waals surface area contributed by atoms with Gasteiger partial charge in [0.05, 0.1) is 24.0 Å². The van der Waals surface area contributed by atoms with E-state index in [2.05, 4.69) is 26.7 Å². The van der Waals surface area contributed by atoms with Crippen LogP contribution < -0.4 is 10.6 Å². The maximum Gasteiger partial charge on any atom is 0.255 e. The van der Waals surface area contributed by atoms with Gasteiger partial charge in [-0.05, 0) is 37.4 Å². The van der Waals surface area contributed by atoms with Crippen LogP contribution >= 0.6 is 11.3 Å². The smallest absolute Gasteiger partial charge is 0.255 e. The Morgan fingerprint density at radius 2 is 2.14 bits per heavy atom. The minimum Gasteiger partial charge on any atom is -0.507 e. The van der Waals surface area contributed by atoms with E-state index in [1.807, 2.05) is 35.9 Å². The van der Waals surface area contributed by atoms with Crippen molar-refractivity contribution in [2.45, 2.75) is 26.4 Å². The Labute approximate surface area is 172 Å². The largest absolute Gasteiger partial charge is 0.507 e. The number of carbonyl (C=O) groups is 1. The van der Waals surface area contributed by atoms with E-state index in [-0.39, 0.29) is 23.3 Å². The summed E-state index contributed by atoms with van der Waals surface area (Å²) in [5.74, 6) is 0.316. The summed E-state index contributed by atoms with van der Waals surface area (Å²) >= 11 is 1.68. The summed E-state index contributed by atoms with van der Waals surface area (Å²) in [5, 5.41) is 18.5. The Bertz CT molecular complexity index is 1150. The van der Waals surface area contributed by atoms with Crippen LogP contribution in [0.15, 0.2) is 54.3 Å². The molecule has 3 heterocycles. The van der Waals surface area contributed by atoms with E-state index in [9.17, 15) is 9.90 Å². The Balaban J connectivity index is 1.63. The monoisotopic (exact) mass is 407 g/mol. The molecule has 0 fully saturated rings. The lowest BCUT2D eigenvalue weighted by Gasteiger charge is -2.11. The number of rotatable bonds is 6. The van der Waals surface area contributed by atoms with Gasteiger partial charge in [0, 0.05) is 28.9 Å². The number of aromatic nitrogens is 3. The Morgan fingerprint density at radius 1 is 1.28 bits per heavy atom. The molecule has 0 saturated heterocycles. The van der Waals surface area contributed by atoms with Gasteiger partial charge in [-0.2, -0.15) is 0 Å². The highest BCUT2D eigenvalue weighted by Crippen LogP contribution is 2.28. The van der Waals surface area contributed by atoms with Crippen LogP contribution in [0.4, 0.5) is 5.82 Å². The third-order valence-corrected chi connectivity index (χ3v) is 5.27. The average Bonchev–Trinajstić information content (AvgIpc) is 3.35. The fourth-order valence-electron chi connectivity index (χ4n) is 3.06. The minimum absolute atomic E-state index is 0.00653. The number of nitrogens with one attached hydrogen (secondary N) is 2. The Hall–Kier alpha value is -3.39. The fraction of sp³-hybridized carbons (Fsp3) is 0.190. The molecule has 3 N–H and O–H groups in total. The molecule has 8 heteroatoms. The molecule has 0 atom stereocenters. The maximum atomic E-state index is 12.2. The third-order valence-electron chi connectivity index (χ3n) is 4.40. The zero-order valence-corrected chi connectivity index (χ0v) is 16.9. The molecule has 0 bridgehead atoms. The molecule has 0 aliphatic heterocycles. The van der Waals surface area contributed by atoms with Crippen molar-refractivity contribution in [3.63, 3.8) is 0 Å². The van der Waals surface area contributed by atoms with E-state index in [0.29, 0.717) is 18.0 Å². The molecule has 1 aromatic carbocycles. The number of thiophene rings is 1. The van der Waals surface area contributed by atoms with Gasteiger partial charge in [0.25, 0.3) is 5.91 Å². The van der Waals surface area contributed by atoms with Crippen LogP contribution in [0.1, 0.15) is 29.1 Å². The number of anilines is 1. The quantitative estimate of drug-likeness (QED) is 0.451. The zero-order valence-electron chi connectivity index (χ0n) is 16.1. The first-order chi connectivity index (χ1) is 14.0. The molecule has 0 radical (unpaired) electrons. The predicted molar refractivity (Wildman–Crippen MR) is 114 cm³/mol. The first-order valence-electron chi connectivity index (χ1n) is 9.25. The molecule has 3 aromatic heterocycles. The highest BCUT2D eigenvalue weighted by Gasteiger charge is 2.15. The number of phenols is 1. The Morgan fingerprint density at radius 3 is 2.86 bits per heavy atom. The number of hydrogen-bond donors (Lipinski definition) is 3. The van der Waals surface area contributed by atoms with Crippen molar-refractivity contribution in [3.8, 4) is 17.0 Å². The van der Waals surface area contributed by atoms with E-state index in [0.717, 1.165) is 11.3 Å². The predicted octanol–water partition coefficient (Wildman–Crippen LogP) is 3.91. The summed E-state index contributed by atoms with van der Waals surface area (Å²) in [5.41, 5.74) is 2.50. The summed E-state index contributed by atoms with van der Waals surface area (Å²) in [4.78, 5) is 22.3. The van der Waals surface area contributed by atoms with Crippen LogP contribution in [0.3, 0.4) is 0 Å². The van der Waals surface area contributed by atoms with Crippen molar-refractivity contribution in [2.75, 3.05) is 5.32 Å². The van der Waals surface area contributed by atoms with Gasteiger partial charge in [0.15, 0.2) is 11.5 Å². The first-order valence-corrected chi connectivity index (χ1v) is 10.1. The topological polar surface area (TPSA) is 91.5 Å². The first kappa shape index (κ1) is 18.9. The normalized spacial score (nSPS) is 11.1. The summed E-state index contributed by atoms with van der Waals surface area (Å²) in [7, 11) is 0. The minimum atomic E-state index is -0.300. The summed E-state index contributed by atoms with van der Waals surface area (Å²) < 4.78 is 1.91. The van der Waals surface area contributed by atoms with Crippen molar-refractivity contribution >= 4 is 28.7 Å². The molecule has 0 aliphatic rings. The molecule has 1 amide bonds. The molecule has 0 saturated carbocycles. The molecular formula is C21H21N5O2S. The van der Waals surface area contributed by atoms with Crippen molar-refractivity contribution in [2.24, 2.45) is 0 Å². The standard InChI is InChI=1S/C21H21N5O2S/c1-13(2)25-21(28)16-6-5-14(10-18(16)27)17-12-24-20-19(22-7-8-26(17)20)23-11-15-4-3-9-29-15/h3-10,12-13,27H,11H2,1-2H3,(H,22,23)(H,25,28). The molecule has 0 aliphatic carbocycles. The van der Waals surface area contributed by atoms with Gasteiger partial charge >= 0.3 is 0 Å². The molecule has 4 rings (SSSR count). The molecule has 29 heavy (non-hydrogen) atoms. The fourth-order valence-corrected chi connectivity index (χ4v) is 3.71. The van der Waals surface area contributed by atoms with Crippen LogP contribution in [0, 0.1) is 0 Å². The van der Waals surface area contributed by atoms with E-state index in [1.54, 1.807) is 41.9 Å². The second kappa shape index (κ2) is 7.92. The lowest BCUT2D eigenvalue weighted by atomic mass is 10.1. The molecule has 0 unspecified atom stereocenters. The van der Waals surface area contributed by atoms with Crippen LogP contribution in [0.5, 0.6) is 5.75 Å². The highest BCUT2D eigenvalue weighted by molar-refractivity contribution is 7.09. The number of fused-ring (bicyclic) bond motifs is 1. The average molecular weight is 407 g/mol. The van der Waals surface area contributed by atoms with E-state index >= 15 is 0 Å². The SMILES string of the molecule is CC(C)NC(=O)c1ccc(-c2cnc3c(NCc4cccs4)nccn23)cc1O. The second-order valence-electron chi connectivity index (χ2n) is 6.91. The number of nitrogens with zero attached hydrogens (tertiary/aromatic N) is 3. The third kappa shape index (κ3) is 3.93. The number of aromatic hydroxyl groups is 1. The van der Waals surface area contributed by atoms with Crippen LogP contribution in [-0.4, -0.2) is 31.4 Å². The zero-order chi connectivity index (χ0) is 20.4. The summed E-state index contributed by atoms with van der Waals surface area (Å²) in [6.45, 7) is 4.42. The van der Waals surface area contributed by atoms with Gasteiger partial charge < -0.3 is 15.7 Å². The molecule has 148 valence electrons. The number of phenolic OH excluding ortho intramolecular Hbond substituents is 1. The van der Waals surface area contributed by atoms with Crippen molar-refractivity contribution in [3.05, 3.63) is 64.7 Å². The van der Waals surface area contributed by atoms with Gasteiger partial charge in [-0.1, -0.05) is 12.1 Å². The Kier molecular flexibility index (Phi) is 5.18. The van der Waals surface area contributed by atoms with Crippen LogP contribution in [0.2, 0.25) is 0 Å². The van der Waals surface area contributed by atoms with Gasteiger partial charge in [-0.3, -0.25) is 9.20 Å². The number of carbonyl (C=O) groups excluding carboxylic acids is 1. The summed E-state index contributed by atoms with van der Waals surface area (Å²) in [6, 6.07) is 9.08. The van der Waals surface area contributed by atoms with Gasteiger partial charge in [-0.15, -0.1) is 11.3 Å². The van der Waals surface area contributed by atoms with Crippen LogP contribution in [0.25, 0.3) is 16.9 Å². The number of imidazole rings is 1. The summed E-state index contributed by atoms with van der Waals surface area (Å²) in [6.07, 6.45) is 5.26. The van der Waals surface area contributed by atoms with Crippen molar-refractivity contribution in [1.82, 2.24) is 19.7 Å². The molecular weight excluding hydrogens is 386 g/mol. The molecule has 7 nitrogen and oxygen atoms in total. The lowest BCUT2D eigenvalue weighted by molar-refractivity contribution is 0.0940. The van der Waals surface area contributed by atoms with Crippen molar-refractivity contribution in [1.29, 1.82) is 0 Å². The van der Waals surface area contributed by atoms with E-state index < -0.39 is 0 Å². The number of benzene rings is 1. The van der Waals surface area contributed by atoms with Crippen molar-refractivity contribution < 1.29 is 9.90 Å². The van der Waals surface area contributed by atoms with E-state index in [1.165, 1.54) is 4.88 Å². The van der Waals surface area contributed by atoms with Crippen LogP contribution in [-0.2, 0) is 6.54 Å². The number of hydrogen-bond acceptors (Lipinski definition) is 6. The van der Waals surface area contributed by atoms with Gasteiger partial charge in [-0.25, -0.2) is 9.97 Å². The van der Waals surface area contributed by atoms with E-state index in [4.69, 9.17) is 0 Å². The maximum absolute atomic E-state index is 12.2. The van der Waals surface area contributed by atoms with Gasteiger partial charge in [0.2, 0.25) is 0 Å². The molecule has 4 aromatic rings. The van der Waals surface area contributed by atoms with Gasteiger partial charge in [0.1, 0.15) is 5.75 Å². The lowest BCUT2D eigenvalue weighted by Crippen LogP contribution is -2.30. The molecule has 0 spiro atoms. The number of amides is 1. The second-order valence-corrected chi connectivity index (χ2v) is 7.94. The highest BCUT2D eigenvalue weighted by atomic mass is 32.1.